The molecule has 0 radical (unpaired) electrons. The summed E-state index contributed by atoms with van der Waals surface area (Å²) in [7, 11) is 1.44. The maximum absolute atomic E-state index is 13.6. The monoisotopic (exact) mass is 577 g/mol. The Morgan fingerprint density at radius 2 is 1.95 bits per heavy atom. The van der Waals surface area contributed by atoms with Crippen molar-refractivity contribution >= 4 is 39.6 Å². The molecule has 0 unspecified atom stereocenters. The number of halogens is 3. The third-order valence-electron chi connectivity index (χ3n) is 5.55. The van der Waals surface area contributed by atoms with E-state index in [1.54, 1.807) is 12.3 Å². The van der Waals surface area contributed by atoms with Gasteiger partial charge in [-0.1, -0.05) is 26.0 Å². The Kier molecular flexibility index (Phi) is 8.88. The first-order valence-corrected chi connectivity index (χ1v) is 13.6. The van der Waals surface area contributed by atoms with Crippen LogP contribution in [0.15, 0.2) is 48.0 Å². The zero-order chi connectivity index (χ0) is 28.2. The average molecular weight is 578 g/mol. The Labute approximate surface area is 231 Å². The molecule has 1 aromatic carbocycles. The summed E-state index contributed by atoms with van der Waals surface area (Å²) in [5, 5.41) is 15.1. The summed E-state index contributed by atoms with van der Waals surface area (Å²) in [6, 6.07) is 8.98. The molecular weight excluding hydrogens is 551 g/mol. The highest BCUT2D eigenvalue weighted by Gasteiger charge is 2.35. The van der Waals surface area contributed by atoms with Crippen molar-refractivity contribution in [2.24, 2.45) is 5.92 Å². The maximum Gasteiger partial charge on any atom is 0.419 e. The predicted molar refractivity (Wildman–Crippen MR) is 146 cm³/mol. The first-order chi connectivity index (χ1) is 18.6. The number of carbonyl (C=O) groups is 1. The van der Waals surface area contributed by atoms with E-state index in [0.717, 1.165) is 15.8 Å². The summed E-state index contributed by atoms with van der Waals surface area (Å²) in [6.07, 6.45) is -2.39. The second-order valence-electron chi connectivity index (χ2n) is 8.97. The molecule has 3 aromatic heterocycles. The number of nitrogens with one attached hydrogen (secondary N) is 1. The smallest absolute Gasteiger partial charge is 0.419 e. The Balaban J connectivity index is 1.72. The summed E-state index contributed by atoms with van der Waals surface area (Å²) in [5.74, 6) is -1.10. The lowest BCUT2D eigenvalue weighted by atomic mass is 10.0. The first-order valence-electron chi connectivity index (χ1n) is 11.9. The van der Waals surface area contributed by atoms with Crippen LogP contribution < -0.4 is 10.1 Å². The molecule has 0 atom stereocenters. The van der Waals surface area contributed by atoms with Crippen molar-refractivity contribution in [2.45, 2.75) is 26.4 Å². The molecule has 0 fully saturated rings. The van der Waals surface area contributed by atoms with Gasteiger partial charge in [0.25, 0.3) is 0 Å². The number of thiazole rings is 1. The first kappa shape index (κ1) is 28.5. The predicted octanol–water partition coefficient (Wildman–Crippen LogP) is 7.62. The molecule has 0 amide bonds. The standard InChI is InChI=1S/C27H26F3N3O4S2/c1-15(2)11-22-23(16-6-7-19(27(28,29)30)20(13-16)37-9-8-36-3)32-26(39-22)33-24-18(25(34)35)12-17(14-31-24)21-5-4-10-38-21/h4-7,10,12-15H,8-9,11H2,1-3H3,(H,34,35)(H,31,32,33). The van der Waals surface area contributed by atoms with Crippen LogP contribution in [0.5, 0.6) is 5.75 Å². The molecule has 12 heteroatoms. The Morgan fingerprint density at radius 1 is 1.15 bits per heavy atom. The number of anilines is 2. The van der Waals surface area contributed by atoms with Crippen LogP contribution in [0.25, 0.3) is 21.7 Å². The van der Waals surface area contributed by atoms with Crippen LogP contribution in [0.3, 0.4) is 0 Å². The molecule has 0 aliphatic rings. The number of rotatable bonds is 11. The molecule has 3 heterocycles. The Bertz CT molecular complexity index is 1440. The molecule has 4 rings (SSSR count). The van der Waals surface area contributed by atoms with Crippen LogP contribution in [-0.2, 0) is 17.3 Å². The fourth-order valence-electron chi connectivity index (χ4n) is 3.80. The van der Waals surface area contributed by atoms with Gasteiger partial charge in [0, 0.05) is 34.2 Å². The largest absolute Gasteiger partial charge is 0.491 e. The lowest BCUT2D eigenvalue weighted by Gasteiger charge is -2.15. The molecule has 0 bridgehead atoms. The topological polar surface area (TPSA) is 93.6 Å². The van der Waals surface area contributed by atoms with Crippen LogP contribution in [0.1, 0.15) is 34.6 Å². The third kappa shape index (κ3) is 6.94. The van der Waals surface area contributed by atoms with Gasteiger partial charge in [-0.15, -0.1) is 22.7 Å². The van der Waals surface area contributed by atoms with Gasteiger partial charge in [-0.25, -0.2) is 14.8 Å². The fraction of sp³-hybridized carbons (Fsp3) is 0.296. The number of alkyl halides is 3. The molecule has 39 heavy (non-hydrogen) atoms. The lowest BCUT2D eigenvalue weighted by Crippen LogP contribution is -2.11. The number of thiophene rings is 1. The van der Waals surface area contributed by atoms with Crippen molar-refractivity contribution in [1.29, 1.82) is 0 Å². The minimum absolute atomic E-state index is 0.0218. The number of hydrogen-bond acceptors (Lipinski definition) is 8. The second kappa shape index (κ2) is 12.1. The number of aromatic nitrogens is 2. The van der Waals surface area contributed by atoms with E-state index in [1.165, 1.54) is 41.9 Å². The van der Waals surface area contributed by atoms with E-state index in [0.29, 0.717) is 28.4 Å². The van der Waals surface area contributed by atoms with Crippen molar-refractivity contribution in [2.75, 3.05) is 25.6 Å². The van der Waals surface area contributed by atoms with Gasteiger partial charge in [-0.3, -0.25) is 0 Å². The van der Waals surface area contributed by atoms with Crippen LogP contribution in [0, 0.1) is 5.92 Å². The van der Waals surface area contributed by atoms with Gasteiger partial charge in [0.2, 0.25) is 0 Å². The SMILES string of the molecule is COCCOc1cc(-c2nc(Nc3ncc(-c4cccs4)cc3C(=O)O)sc2CC(C)C)ccc1C(F)(F)F. The van der Waals surface area contributed by atoms with E-state index in [2.05, 4.69) is 15.3 Å². The van der Waals surface area contributed by atoms with Gasteiger partial charge in [-0.2, -0.15) is 13.2 Å². The normalized spacial score (nSPS) is 11.7. The molecule has 2 N–H and O–H groups in total. The zero-order valence-electron chi connectivity index (χ0n) is 21.3. The minimum atomic E-state index is -4.59. The van der Waals surface area contributed by atoms with Crippen molar-refractivity contribution in [3.05, 3.63) is 64.0 Å². The van der Waals surface area contributed by atoms with Gasteiger partial charge in [-0.05, 0) is 42.0 Å². The molecule has 0 saturated heterocycles. The maximum atomic E-state index is 13.6. The van der Waals surface area contributed by atoms with E-state index in [4.69, 9.17) is 9.47 Å². The summed E-state index contributed by atoms with van der Waals surface area (Å²) in [6.45, 7) is 4.14. The number of pyridine rings is 1. The van der Waals surface area contributed by atoms with Gasteiger partial charge >= 0.3 is 12.1 Å². The molecular formula is C27H26F3N3O4S2. The van der Waals surface area contributed by atoms with E-state index >= 15 is 0 Å². The van der Waals surface area contributed by atoms with Crippen LogP contribution in [0.2, 0.25) is 0 Å². The van der Waals surface area contributed by atoms with Gasteiger partial charge in [0.05, 0.1) is 17.9 Å². The van der Waals surface area contributed by atoms with E-state index in [9.17, 15) is 23.1 Å². The van der Waals surface area contributed by atoms with Crippen molar-refractivity contribution in [3.8, 4) is 27.4 Å². The van der Waals surface area contributed by atoms with Crippen molar-refractivity contribution in [3.63, 3.8) is 0 Å². The molecule has 7 nitrogen and oxygen atoms in total. The van der Waals surface area contributed by atoms with Crippen LogP contribution in [-0.4, -0.2) is 41.4 Å². The number of carboxylic acids is 1. The quantitative estimate of drug-likeness (QED) is 0.177. The summed E-state index contributed by atoms with van der Waals surface area (Å²) < 4.78 is 51.2. The summed E-state index contributed by atoms with van der Waals surface area (Å²) in [5.41, 5.74) is 0.719. The molecule has 0 aliphatic carbocycles. The molecule has 0 spiro atoms. The van der Waals surface area contributed by atoms with Crippen molar-refractivity contribution in [1.82, 2.24) is 9.97 Å². The number of hydrogen-bond donors (Lipinski definition) is 2. The molecule has 4 aromatic rings. The number of nitrogens with zero attached hydrogens (tertiary/aromatic N) is 2. The van der Waals surface area contributed by atoms with Crippen molar-refractivity contribution < 1.29 is 32.5 Å². The van der Waals surface area contributed by atoms with E-state index in [-0.39, 0.29) is 36.3 Å². The highest BCUT2D eigenvalue weighted by Crippen LogP contribution is 2.41. The number of methoxy groups -OCH3 is 1. The molecule has 0 saturated carbocycles. The highest BCUT2D eigenvalue weighted by atomic mass is 32.1. The third-order valence-corrected chi connectivity index (χ3v) is 7.46. The Hall–Kier alpha value is -3.48. The number of carboxylic acid groups (broad SMARTS) is 1. The number of ether oxygens (including phenoxy) is 2. The van der Waals surface area contributed by atoms with E-state index in [1.807, 2.05) is 31.4 Å². The minimum Gasteiger partial charge on any atom is -0.491 e. The van der Waals surface area contributed by atoms with Crippen LogP contribution in [0.4, 0.5) is 24.1 Å². The fourth-order valence-corrected chi connectivity index (χ4v) is 5.71. The molecule has 0 aliphatic heterocycles. The highest BCUT2D eigenvalue weighted by molar-refractivity contribution is 7.16. The lowest BCUT2D eigenvalue weighted by molar-refractivity contribution is -0.139. The second-order valence-corrected chi connectivity index (χ2v) is 11.0. The summed E-state index contributed by atoms with van der Waals surface area (Å²) >= 11 is 2.77. The van der Waals surface area contributed by atoms with Crippen LogP contribution >= 0.6 is 22.7 Å². The molecule has 206 valence electrons. The van der Waals surface area contributed by atoms with Gasteiger partial charge < -0.3 is 19.9 Å². The number of aromatic carboxylic acids is 1. The zero-order valence-corrected chi connectivity index (χ0v) is 23.0. The Morgan fingerprint density at radius 3 is 2.59 bits per heavy atom. The average Bonchev–Trinajstić information content (AvgIpc) is 3.54. The number of benzene rings is 1. The van der Waals surface area contributed by atoms with Gasteiger partial charge in [0.15, 0.2) is 5.13 Å². The van der Waals surface area contributed by atoms with E-state index < -0.39 is 17.7 Å². The summed E-state index contributed by atoms with van der Waals surface area (Å²) in [4.78, 5) is 22.7. The van der Waals surface area contributed by atoms with Gasteiger partial charge in [0.1, 0.15) is 23.7 Å².